The van der Waals surface area contributed by atoms with Crippen molar-refractivity contribution in [2.24, 2.45) is 5.84 Å². The normalized spacial score (nSPS) is 18.4. The van der Waals surface area contributed by atoms with Gasteiger partial charge in [-0.3, -0.25) is 10.7 Å². The van der Waals surface area contributed by atoms with Crippen LogP contribution in [0.25, 0.3) is 5.32 Å². The molecule has 0 saturated carbocycles. The van der Waals surface area contributed by atoms with Crippen LogP contribution in [0.3, 0.4) is 0 Å². The van der Waals surface area contributed by atoms with Crippen molar-refractivity contribution in [3.63, 3.8) is 0 Å². The molecular formula is C11H26N5W-. The summed E-state index contributed by atoms with van der Waals surface area (Å²) in [4.78, 5) is 4.96. The molecule has 1 aliphatic rings. The number of hydrazine groups is 1. The van der Waals surface area contributed by atoms with Crippen LogP contribution < -0.4 is 5.84 Å². The number of nitrogens with two attached hydrogens (primary N) is 1. The van der Waals surface area contributed by atoms with Gasteiger partial charge in [-0.15, -0.1) is 6.54 Å². The fraction of sp³-hybridized carbons (Fsp3) is 1.00. The number of nitrogens with zero attached hydrogens (tertiary/aromatic N) is 4. The molecule has 1 rings (SSSR count). The second-order valence-corrected chi connectivity index (χ2v) is 4.35. The third-order valence-electron chi connectivity index (χ3n) is 3.23. The molecule has 5 nitrogen and oxygen atoms in total. The molecule has 0 radical (unpaired) electrons. The number of piperazine rings is 1. The van der Waals surface area contributed by atoms with Crippen LogP contribution in [0.1, 0.15) is 6.92 Å². The van der Waals surface area contributed by atoms with Crippen molar-refractivity contribution in [1.82, 2.24) is 14.8 Å². The molecule has 0 atom stereocenters. The van der Waals surface area contributed by atoms with E-state index in [1.54, 1.807) is 0 Å². The Hall–Kier alpha value is 0.488. The number of rotatable bonds is 7. The molecule has 0 amide bonds. The Morgan fingerprint density at radius 2 is 1.82 bits per heavy atom. The maximum atomic E-state index is 5.73. The van der Waals surface area contributed by atoms with Crippen LogP contribution in [0.15, 0.2) is 0 Å². The summed E-state index contributed by atoms with van der Waals surface area (Å²) < 4.78 is 0. The Bertz CT molecular complexity index is 168. The summed E-state index contributed by atoms with van der Waals surface area (Å²) in [6, 6.07) is 0. The van der Waals surface area contributed by atoms with E-state index in [2.05, 4.69) is 22.0 Å². The van der Waals surface area contributed by atoms with Crippen LogP contribution in [0, 0.1) is 0 Å². The zero-order valence-corrected chi connectivity index (χ0v) is 14.1. The predicted octanol–water partition coefficient (Wildman–Crippen LogP) is -0.199. The second kappa shape index (κ2) is 10.4. The van der Waals surface area contributed by atoms with Crippen molar-refractivity contribution in [1.29, 1.82) is 0 Å². The molecule has 0 aliphatic carbocycles. The molecule has 1 fully saturated rings. The van der Waals surface area contributed by atoms with Crippen molar-refractivity contribution in [2.45, 2.75) is 6.92 Å². The second-order valence-electron chi connectivity index (χ2n) is 4.35. The van der Waals surface area contributed by atoms with Gasteiger partial charge < -0.3 is 10.2 Å². The van der Waals surface area contributed by atoms with E-state index in [0.29, 0.717) is 0 Å². The molecule has 1 heterocycles. The molecule has 1 aliphatic heterocycles. The van der Waals surface area contributed by atoms with E-state index >= 15 is 0 Å². The maximum Gasteiger partial charge on any atom is 0.0257 e. The van der Waals surface area contributed by atoms with Gasteiger partial charge in [0.15, 0.2) is 0 Å². The summed E-state index contributed by atoms with van der Waals surface area (Å²) in [7, 11) is 1.88. The molecular weight excluding hydrogens is 386 g/mol. The summed E-state index contributed by atoms with van der Waals surface area (Å²) >= 11 is 0. The van der Waals surface area contributed by atoms with E-state index in [0.717, 1.165) is 58.9 Å². The zero-order chi connectivity index (χ0) is 11.8. The van der Waals surface area contributed by atoms with Crippen molar-refractivity contribution < 1.29 is 21.1 Å². The zero-order valence-electron chi connectivity index (χ0n) is 11.1. The van der Waals surface area contributed by atoms with Crippen LogP contribution in [0.4, 0.5) is 0 Å². The Kier molecular flexibility index (Phi) is 10.7. The van der Waals surface area contributed by atoms with E-state index in [1.807, 2.05) is 12.1 Å². The molecule has 6 heteroatoms. The van der Waals surface area contributed by atoms with E-state index < -0.39 is 0 Å². The first-order valence-electron chi connectivity index (χ1n) is 6.26. The maximum absolute atomic E-state index is 5.73. The van der Waals surface area contributed by atoms with Gasteiger partial charge in [-0.1, -0.05) is 6.92 Å². The summed E-state index contributed by atoms with van der Waals surface area (Å²) in [5.74, 6) is 5.73. The number of hydrogen-bond donors (Lipinski definition) is 1. The molecule has 2 N–H and O–H groups in total. The predicted molar refractivity (Wildman–Crippen MR) is 68.5 cm³/mol. The Morgan fingerprint density at radius 3 is 2.35 bits per heavy atom. The molecule has 1 saturated heterocycles. The van der Waals surface area contributed by atoms with Gasteiger partial charge in [0.25, 0.3) is 0 Å². The SMILES string of the molecule is CCN(CC[N-]C)CCN1CCN(N)CC1.[W]. The third kappa shape index (κ3) is 7.50. The van der Waals surface area contributed by atoms with Crippen LogP contribution >= 0.6 is 0 Å². The first-order chi connectivity index (χ1) is 7.76. The standard InChI is InChI=1S/C11H26N5.W/c1-3-14(5-4-13-2)6-7-15-8-10-16(12)11-9-15;/h3-12H2,1-2H3;/q-1;. The first-order valence-corrected chi connectivity index (χ1v) is 6.26. The van der Waals surface area contributed by atoms with E-state index in [9.17, 15) is 0 Å². The summed E-state index contributed by atoms with van der Waals surface area (Å²) in [5, 5.41) is 6.06. The fourth-order valence-electron chi connectivity index (χ4n) is 1.94. The van der Waals surface area contributed by atoms with Gasteiger partial charge >= 0.3 is 0 Å². The van der Waals surface area contributed by atoms with Crippen LogP contribution in [0.2, 0.25) is 0 Å². The Labute approximate surface area is 120 Å². The monoisotopic (exact) mass is 412 g/mol. The van der Waals surface area contributed by atoms with Gasteiger partial charge in [0.2, 0.25) is 0 Å². The number of likely N-dealkylation sites (N-methyl/N-ethyl adjacent to an activating group) is 2. The van der Waals surface area contributed by atoms with Crippen LogP contribution in [0.5, 0.6) is 0 Å². The van der Waals surface area contributed by atoms with E-state index in [1.165, 1.54) is 0 Å². The minimum Gasteiger partial charge on any atom is -0.664 e. The summed E-state index contributed by atoms with van der Waals surface area (Å²) in [6.45, 7) is 11.9. The molecule has 0 aromatic heterocycles. The summed E-state index contributed by atoms with van der Waals surface area (Å²) in [5.41, 5.74) is 0. The smallest absolute Gasteiger partial charge is 0.0257 e. The number of hydrogen-bond acceptors (Lipinski definition) is 4. The van der Waals surface area contributed by atoms with Crippen molar-refractivity contribution in [2.75, 3.05) is 66.0 Å². The summed E-state index contributed by atoms with van der Waals surface area (Å²) in [6.07, 6.45) is 0. The molecule has 102 valence electrons. The topological polar surface area (TPSA) is 49.8 Å². The molecule has 0 aromatic rings. The van der Waals surface area contributed by atoms with Gasteiger partial charge in [-0.2, -0.15) is 7.05 Å². The van der Waals surface area contributed by atoms with E-state index in [-0.39, 0.29) is 21.1 Å². The molecule has 0 unspecified atom stereocenters. The molecule has 0 spiro atoms. The largest absolute Gasteiger partial charge is 0.664 e. The quantitative estimate of drug-likeness (QED) is 0.589. The van der Waals surface area contributed by atoms with Gasteiger partial charge in [0.1, 0.15) is 0 Å². The third-order valence-corrected chi connectivity index (χ3v) is 3.23. The molecule has 17 heavy (non-hydrogen) atoms. The Morgan fingerprint density at radius 1 is 1.18 bits per heavy atom. The molecule has 0 aromatic carbocycles. The molecule has 0 bridgehead atoms. The average molecular weight is 412 g/mol. The fourth-order valence-corrected chi connectivity index (χ4v) is 1.94. The van der Waals surface area contributed by atoms with E-state index in [4.69, 9.17) is 5.84 Å². The van der Waals surface area contributed by atoms with Gasteiger partial charge in [-0.05, 0) is 13.1 Å². The van der Waals surface area contributed by atoms with Crippen molar-refractivity contribution in [3.05, 3.63) is 5.32 Å². The van der Waals surface area contributed by atoms with Crippen LogP contribution in [-0.2, 0) is 21.1 Å². The van der Waals surface area contributed by atoms with Gasteiger partial charge in [0.05, 0.1) is 0 Å². The first kappa shape index (κ1) is 17.5. The van der Waals surface area contributed by atoms with Gasteiger partial charge in [-0.25, -0.2) is 5.01 Å². The minimum absolute atomic E-state index is 0. The van der Waals surface area contributed by atoms with Crippen molar-refractivity contribution in [3.8, 4) is 0 Å². The van der Waals surface area contributed by atoms with Gasteiger partial charge in [0, 0.05) is 60.3 Å². The van der Waals surface area contributed by atoms with Crippen LogP contribution in [-0.4, -0.2) is 80.8 Å². The minimum atomic E-state index is 0. The average Bonchev–Trinajstić information content (AvgIpc) is 2.32. The Balaban J connectivity index is 0.00000256. The van der Waals surface area contributed by atoms with Crippen molar-refractivity contribution >= 4 is 0 Å².